The van der Waals surface area contributed by atoms with Crippen LogP contribution in [0.4, 0.5) is 0 Å². The van der Waals surface area contributed by atoms with Crippen LogP contribution in [0.25, 0.3) is 0 Å². The van der Waals surface area contributed by atoms with Crippen LogP contribution in [0.5, 0.6) is 0 Å². The van der Waals surface area contributed by atoms with Gasteiger partial charge in [-0.3, -0.25) is 9.59 Å². The first-order chi connectivity index (χ1) is 18.8. The first kappa shape index (κ1) is 36.1. The molecule has 2 rings (SSSR count). The number of hydrogen-bond acceptors (Lipinski definition) is 9. The zero-order valence-electron chi connectivity index (χ0n) is 27.8. The molecule has 2 aliphatic rings. The lowest BCUT2D eigenvalue weighted by atomic mass is 9.72. The van der Waals surface area contributed by atoms with Crippen LogP contribution in [0.1, 0.15) is 88.5 Å². The van der Waals surface area contributed by atoms with Crippen LogP contribution in [0, 0.1) is 35.5 Å². The molecule has 4 unspecified atom stereocenters. The van der Waals surface area contributed by atoms with E-state index in [1.165, 1.54) is 6.92 Å². The van der Waals surface area contributed by atoms with E-state index in [0.29, 0.717) is 12.8 Å². The molecule has 0 amide bonds. The number of cyclic esters (lactones) is 1. The Morgan fingerprint density at radius 2 is 1.56 bits per heavy atom. The fraction of sp³-hybridized carbons (Fsp3) is 0.938. The van der Waals surface area contributed by atoms with Crippen molar-refractivity contribution in [2.45, 2.75) is 136 Å². The molecule has 0 aromatic rings. The molecule has 0 saturated carbocycles. The van der Waals surface area contributed by atoms with Gasteiger partial charge in [0.25, 0.3) is 0 Å². The molecular formula is C32H59NO8. The Morgan fingerprint density at radius 1 is 0.976 bits per heavy atom. The van der Waals surface area contributed by atoms with Crippen molar-refractivity contribution < 1.29 is 38.7 Å². The minimum atomic E-state index is -1.80. The third kappa shape index (κ3) is 7.71. The van der Waals surface area contributed by atoms with Gasteiger partial charge in [0.05, 0.1) is 29.8 Å². The molecule has 0 aromatic carbocycles. The number of aliphatic hydroxyl groups excluding tert-OH is 1. The second kappa shape index (κ2) is 14.1. The van der Waals surface area contributed by atoms with Crippen molar-refractivity contribution in [1.82, 2.24) is 4.90 Å². The first-order valence-electron chi connectivity index (χ1n) is 15.5. The molecule has 0 radical (unpaired) electrons. The highest BCUT2D eigenvalue weighted by Gasteiger charge is 2.51. The third-order valence-corrected chi connectivity index (χ3v) is 10.5. The van der Waals surface area contributed by atoms with Crippen LogP contribution in [0.2, 0.25) is 0 Å². The highest BCUT2D eigenvalue weighted by Crippen LogP contribution is 2.41. The highest BCUT2D eigenvalue weighted by atomic mass is 16.7. The molecule has 0 bridgehead atoms. The number of ether oxygens (including phenoxy) is 4. The summed E-state index contributed by atoms with van der Waals surface area (Å²) in [5.41, 5.74) is -2.73. The monoisotopic (exact) mass is 585 g/mol. The minimum Gasteiger partial charge on any atom is -0.459 e. The van der Waals surface area contributed by atoms with Gasteiger partial charge >= 0.3 is 5.97 Å². The van der Waals surface area contributed by atoms with Crippen molar-refractivity contribution in [2.75, 3.05) is 21.2 Å². The molecule has 2 fully saturated rings. The van der Waals surface area contributed by atoms with Crippen LogP contribution < -0.4 is 0 Å². The lowest BCUT2D eigenvalue weighted by Crippen LogP contribution is -2.58. The molecule has 9 heteroatoms. The van der Waals surface area contributed by atoms with Crippen LogP contribution in [-0.2, 0) is 28.5 Å². The summed E-state index contributed by atoms with van der Waals surface area (Å²) in [6, 6.07) is 0.263. The Bertz CT molecular complexity index is 880. The molecule has 0 aromatic heterocycles. The second-order valence-electron chi connectivity index (χ2n) is 13.8. The molecule has 0 aliphatic carbocycles. The number of carbonyl (C=O) groups is 2. The van der Waals surface area contributed by atoms with Crippen molar-refractivity contribution in [2.24, 2.45) is 35.5 Å². The molecule has 14 atom stereocenters. The molecule has 240 valence electrons. The smallest absolute Gasteiger partial charge is 0.309 e. The van der Waals surface area contributed by atoms with E-state index in [1.54, 1.807) is 21.0 Å². The average Bonchev–Trinajstić information content (AvgIpc) is 2.92. The van der Waals surface area contributed by atoms with Crippen LogP contribution in [-0.4, -0.2) is 96.0 Å². The standard InChI is InChI=1S/C32H59NO8/c1-14-25-32(10,37)27(35)23(8)26(34)17(2)16-31(9,38-13)28(20(5)19(4)21(6)29(36)40-25)41-30-22(7)24(33(11)12)15-18(3)39-30/h17-25,27-28,30,35,37H,14-16H2,1-13H3/t17-,18?,19+,20+,21-,22?,23+,24?,25-,27-,28-,30?,31-,32-/m1/s1. The predicted octanol–water partition coefficient (Wildman–Crippen LogP) is 4.06. The van der Waals surface area contributed by atoms with Gasteiger partial charge in [0.2, 0.25) is 0 Å². The van der Waals surface area contributed by atoms with E-state index in [0.717, 1.165) is 6.42 Å². The maximum atomic E-state index is 13.7. The van der Waals surface area contributed by atoms with E-state index < -0.39 is 59.5 Å². The molecule has 9 nitrogen and oxygen atoms in total. The number of carbonyl (C=O) groups excluding carboxylic acids is 2. The third-order valence-electron chi connectivity index (χ3n) is 10.5. The van der Waals surface area contributed by atoms with Crippen LogP contribution in [0.3, 0.4) is 0 Å². The van der Waals surface area contributed by atoms with Gasteiger partial charge in [-0.05, 0) is 66.0 Å². The van der Waals surface area contributed by atoms with E-state index in [2.05, 4.69) is 39.8 Å². The molecule has 41 heavy (non-hydrogen) atoms. The predicted molar refractivity (Wildman–Crippen MR) is 158 cm³/mol. The van der Waals surface area contributed by atoms with Crippen LogP contribution >= 0.6 is 0 Å². The Labute approximate surface area is 248 Å². The van der Waals surface area contributed by atoms with E-state index in [1.807, 2.05) is 27.7 Å². The molecule has 2 aliphatic heterocycles. The van der Waals surface area contributed by atoms with E-state index in [4.69, 9.17) is 18.9 Å². The van der Waals surface area contributed by atoms with Gasteiger partial charge in [-0.15, -0.1) is 0 Å². The van der Waals surface area contributed by atoms with Gasteiger partial charge in [-0.2, -0.15) is 0 Å². The van der Waals surface area contributed by atoms with Gasteiger partial charge in [0.15, 0.2) is 6.29 Å². The maximum Gasteiger partial charge on any atom is 0.309 e. The SMILES string of the molecule is CC[C@H]1OC(=O)[C@H](C)[C@@H](C)[C@H](C)[C@@H](OC2OC(C)CC(N(C)C)C2C)[C@](C)(OC)C[C@@H](C)C(=O)[C@H](C)[C@@H](O)[C@]1(C)O. The summed E-state index contributed by atoms with van der Waals surface area (Å²) in [6.07, 6.45) is -1.92. The lowest BCUT2D eigenvalue weighted by molar-refractivity contribution is -0.285. The van der Waals surface area contributed by atoms with Crippen molar-refractivity contribution in [3.05, 3.63) is 0 Å². The van der Waals surface area contributed by atoms with Crippen molar-refractivity contribution >= 4 is 11.8 Å². The summed E-state index contributed by atoms with van der Waals surface area (Å²) in [6.45, 7) is 18.7. The summed E-state index contributed by atoms with van der Waals surface area (Å²) in [4.78, 5) is 29.3. The van der Waals surface area contributed by atoms with E-state index >= 15 is 0 Å². The zero-order valence-corrected chi connectivity index (χ0v) is 27.8. The minimum absolute atomic E-state index is 0.000789. The van der Waals surface area contributed by atoms with Gasteiger partial charge in [-0.1, -0.05) is 48.5 Å². The number of Topliss-reactive ketones (excluding diaryl/α,β-unsaturated/α-hetero) is 1. The maximum absolute atomic E-state index is 13.7. The summed E-state index contributed by atoms with van der Waals surface area (Å²) < 4.78 is 25.3. The Hall–Kier alpha value is -1.10. The molecule has 2 saturated heterocycles. The van der Waals surface area contributed by atoms with E-state index in [-0.39, 0.29) is 35.7 Å². The quantitative estimate of drug-likeness (QED) is 0.461. The first-order valence-corrected chi connectivity index (χ1v) is 15.5. The van der Waals surface area contributed by atoms with Crippen molar-refractivity contribution in [3.63, 3.8) is 0 Å². The Morgan fingerprint density at radius 3 is 2.07 bits per heavy atom. The van der Waals surface area contributed by atoms with Gasteiger partial charge < -0.3 is 34.1 Å². The average molecular weight is 586 g/mol. The van der Waals surface area contributed by atoms with Crippen molar-refractivity contribution in [3.8, 4) is 0 Å². The highest BCUT2D eigenvalue weighted by molar-refractivity contribution is 5.83. The molecule has 2 heterocycles. The summed E-state index contributed by atoms with van der Waals surface area (Å²) in [5, 5.41) is 22.5. The second-order valence-corrected chi connectivity index (χ2v) is 13.8. The largest absolute Gasteiger partial charge is 0.459 e. The Kier molecular flexibility index (Phi) is 12.4. The normalized spacial score (nSPS) is 47.6. The number of hydrogen-bond donors (Lipinski definition) is 2. The Balaban J connectivity index is 2.60. The van der Waals surface area contributed by atoms with Crippen LogP contribution in [0.15, 0.2) is 0 Å². The number of aliphatic hydroxyl groups is 2. The lowest BCUT2D eigenvalue weighted by Gasteiger charge is -2.49. The number of nitrogens with zero attached hydrogens (tertiary/aromatic N) is 1. The number of rotatable bonds is 5. The molecule has 2 N–H and O–H groups in total. The summed E-state index contributed by atoms with van der Waals surface area (Å²) in [7, 11) is 5.76. The van der Waals surface area contributed by atoms with Gasteiger partial charge in [-0.25, -0.2) is 0 Å². The molecular weight excluding hydrogens is 526 g/mol. The van der Waals surface area contributed by atoms with E-state index in [9.17, 15) is 19.8 Å². The summed E-state index contributed by atoms with van der Waals surface area (Å²) >= 11 is 0. The fourth-order valence-corrected chi connectivity index (χ4v) is 7.08. The van der Waals surface area contributed by atoms with Gasteiger partial charge in [0.1, 0.15) is 17.5 Å². The topological polar surface area (TPSA) is 115 Å². The molecule has 0 spiro atoms. The zero-order chi connectivity index (χ0) is 31.6. The van der Waals surface area contributed by atoms with Gasteiger partial charge in [0, 0.05) is 30.9 Å². The number of ketones is 1. The fourth-order valence-electron chi connectivity index (χ4n) is 7.08. The van der Waals surface area contributed by atoms with Crippen molar-refractivity contribution in [1.29, 1.82) is 0 Å². The number of esters is 1. The summed E-state index contributed by atoms with van der Waals surface area (Å²) in [5.74, 6) is -2.92. The number of methoxy groups -OCH3 is 1.